The molecule has 1 unspecified atom stereocenters. The van der Waals surface area contributed by atoms with Crippen molar-refractivity contribution in [3.8, 4) is 0 Å². The van der Waals surface area contributed by atoms with Crippen molar-refractivity contribution in [3.63, 3.8) is 0 Å². The highest BCUT2D eigenvalue weighted by Gasteiger charge is 2.21. The predicted octanol–water partition coefficient (Wildman–Crippen LogP) is 3.31. The molecule has 2 aromatic rings. The molecular formula is C17H23N3. The number of nitrogens with one attached hydrogen (secondary N) is 1. The molecule has 20 heavy (non-hydrogen) atoms. The van der Waals surface area contributed by atoms with Crippen molar-refractivity contribution in [3.05, 3.63) is 53.3 Å². The van der Waals surface area contributed by atoms with Crippen LogP contribution in [-0.4, -0.2) is 16.3 Å². The van der Waals surface area contributed by atoms with Crippen LogP contribution in [0.2, 0.25) is 0 Å². The third-order valence-corrected chi connectivity index (χ3v) is 4.14. The van der Waals surface area contributed by atoms with Crippen LogP contribution in [-0.2, 0) is 13.0 Å². The lowest BCUT2D eigenvalue weighted by Gasteiger charge is -2.15. The zero-order valence-electron chi connectivity index (χ0n) is 12.2. The molecule has 106 valence electrons. The van der Waals surface area contributed by atoms with E-state index in [0.29, 0.717) is 6.04 Å². The molecule has 3 heteroatoms. The van der Waals surface area contributed by atoms with Crippen molar-refractivity contribution >= 4 is 0 Å². The van der Waals surface area contributed by atoms with Gasteiger partial charge in [0.05, 0.1) is 12.7 Å². The standard InChI is InChI=1S/C17H23N3/c1-2-18-16-10-6-7-11-17-15(16)12-19-20(17)13-14-8-4-3-5-9-14/h3-5,8-9,12,16,18H,2,6-7,10-11,13H2,1H3. The summed E-state index contributed by atoms with van der Waals surface area (Å²) in [6, 6.07) is 11.1. The Kier molecular flexibility index (Phi) is 4.16. The van der Waals surface area contributed by atoms with Gasteiger partial charge in [0, 0.05) is 17.3 Å². The predicted molar refractivity (Wildman–Crippen MR) is 81.7 cm³/mol. The maximum absolute atomic E-state index is 4.64. The Hall–Kier alpha value is -1.61. The lowest BCUT2D eigenvalue weighted by molar-refractivity contribution is 0.503. The van der Waals surface area contributed by atoms with Gasteiger partial charge in [0.25, 0.3) is 0 Å². The molecule has 1 N–H and O–H groups in total. The summed E-state index contributed by atoms with van der Waals surface area (Å²) in [4.78, 5) is 0. The van der Waals surface area contributed by atoms with E-state index < -0.39 is 0 Å². The number of nitrogens with zero attached hydrogens (tertiary/aromatic N) is 2. The van der Waals surface area contributed by atoms with Gasteiger partial charge in [-0.1, -0.05) is 43.7 Å². The lowest BCUT2D eigenvalue weighted by Crippen LogP contribution is -2.20. The minimum absolute atomic E-state index is 0.488. The van der Waals surface area contributed by atoms with Crippen molar-refractivity contribution in [1.82, 2.24) is 15.1 Å². The summed E-state index contributed by atoms with van der Waals surface area (Å²) in [5.74, 6) is 0. The molecular weight excluding hydrogens is 246 g/mol. The third-order valence-electron chi connectivity index (χ3n) is 4.14. The van der Waals surface area contributed by atoms with Gasteiger partial charge in [0.15, 0.2) is 0 Å². The molecule has 1 aliphatic rings. The number of aromatic nitrogens is 2. The minimum atomic E-state index is 0.488. The van der Waals surface area contributed by atoms with Crippen molar-refractivity contribution in [1.29, 1.82) is 0 Å². The van der Waals surface area contributed by atoms with E-state index >= 15 is 0 Å². The lowest BCUT2D eigenvalue weighted by atomic mass is 10.1. The summed E-state index contributed by atoms with van der Waals surface area (Å²) in [7, 11) is 0. The van der Waals surface area contributed by atoms with Crippen molar-refractivity contribution < 1.29 is 0 Å². The summed E-state index contributed by atoms with van der Waals surface area (Å²) in [5.41, 5.74) is 4.17. The first-order valence-electron chi connectivity index (χ1n) is 7.70. The minimum Gasteiger partial charge on any atom is -0.310 e. The van der Waals surface area contributed by atoms with Gasteiger partial charge in [-0.15, -0.1) is 0 Å². The summed E-state index contributed by atoms with van der Waals surface area (Å²) >= 11 is 0. The van der Waals surface area contributed by atoms with Gasteiger partial charge in [0.1, 0.15) is 0 Å². The van der Waals surface area contributed by atoms with Crippen LogP contribution in [0.5, 0.6) is 0 Å². The van der Waals surface area contributed by atoms with Crippen LogP contribution >= 0.6 is 0 Å². The fourth-order valence-corrected chi connectivity index (χ4v) is 3.14. The molecule has 1 heterocycles. The number of fused-ring (bicyclic) bond motifs is 1. The van der Waals surface area contributed by atoms with Crippen LogP contribution in [0.4, 0.5) is 0 Å². The van der Waals surface area contributed by atoms with E-state index in [4.69, 9.17) is 0 Å². The Labute approximate surface area is 121 Å². The zero-order chi connectivity index (χ0) is 13.8. The molecule has 1 aliphatic carbocycles. The van der Waals surface area contributed by atoms with E-state index in [-0.39, 0.29) is 0 Å². The quantitative estimate of drug-likeness (QED) is 0.863. The molecule has 0 bridgehead atoms. The van der Waals surface area contributed by atoms with E-state index in [2.05, 4.69) is 58.5 Å². The van der Waals surface area contributed by atoms with E-state index in [9.17, 15) is 0 Å². The Morgan fingerprint density at radius 3 is 2.90 bits per heavy atom. The second kappa shape index (κ2) is 6.23. The highest BCUT2D eigenvalue weighted by molar-refractivity contribution is 5.25. The monoisotopic (exact) mass is 269 g/mol. The normalized spacial score (nSPS) is 18.6. The van der Waals surface area contributed by atoms with Gasteiger partial charge >= 0.3 is 0 Å². The second-order valence-corrected chi connectivity index (χ2v) is 5.55. The molecule has 0 saturated heterocycles. The Morgan fingerprint density at radius 2 is 2.10 bits per heavy atom. The molecule has 3 rings (SSSR count). The molecule has 1 aromatic heterocycles. The number of benzene rings is 1. The largest absolute Gasteiger partial charge is 0.310 e. The Bertz CT molecular complexity index is 545. The van der Waals surface area contributed by atoms with Crippen LogP contribution in [0.1, 0.15) is 49.0 Å². The van der Waals surface area contributed by atoms with E-state index in [1.54, 1.807) is 0 Å². The van der Waals surface area contributed by atoms with E-state index in [1.807, 2.05) is 0 Å². The smallest absolute Gasteiger partial charge is 0.0662 e. The highest BCUT2D eigenvalue weighted by atomic mass is 15.3. The van der Waals surface area contributed by atoms with Crippen LogP contribution in [0, 0.1) is 0 Å². The molecule has 0 amide bonds. The average Bonchev–Trinajstić information content (AvgIpc) is 2.75. The van der Waals surface area contributed by atoms with Crippen molar-refractivity contribution in [2.75, 3.05) is 6.54 Å². The van der Waals surface area contributed by atoms with Crippen molar-refractivity contribution in [2.24, 2.45) is 0 Å². The van der Waals surface area contributed by atoms with Gasteiger partial charge in [-0.2, -0.15) is 5.10 Å². The molecule has 0 radical (unpaired) electrons. The first-order chi connectivity index (χ1) is 9.88. The maximum atomic E-state index is 4.64. The van der Waals surface area contributed by atoms with Crippen molar-refractivity contribution in [2.45, 2.75) is 45.2 Å². The second-order valence-electron chi connectivity index (χ2n) is 5.55. The summed E-state index contributed by atoms with van der Waals surface area (Å²) in [6.45, 7) is 4.09. The molecule has 0 aliphatic heterocycles. The molecule has 3 nitrogen and oxygen atoms in total. The van der Waals surface area contributed by atoms with Crippen LogP contribution < -0.4 is 5.32 Å². The molecule has 0 saturated carbocycles. The molecule has 0 fully saturated rings. The Morgan fingerprint density at radius 1 is 1.25 bits per heavy atom. The fraction of sp³-hybridized carbons (Fsp3) is 0.471. The number of hydrogen-bond donors (Lipinski definition) is 1. The fourth-order valence-electron chi connectivity index (χ4n) is 3.14. The maximum Gasteiger partial charge on any atom is 0.0662 e. The average molecular weight is 269 g/mol. The van der Waals surface area contributed by atoms with Gasteiger partial charge in [0.2, 0.25) is 0 Å². The summed E-state index contributed by atoms with van der Waals surface area (Å²) < 4.78 is 2.19. The third kappa shape index (κ3) is 2.78. The number of rotatable bonds is 4. The summed E-state index contributed by atoms with van der Waals surface area (Å²) in [5, 5.41) is 8.25. The number of hydrogen-bond acceptors (Lipinski definition) is 2. The van der Waals surface area contributed by atoms with E-state index in [0.717, 1.165) is 19.5 Å². The van der Waals surface area contributed by atoms with Crippen LogP contribution in [0.25, 0.3) is 0 Å². The SMILES string of the molecule is CCNC1CCCCc2c1cnn2Cc1ccccc1. The summed E-state index contributed by atoms with van der Waals surface area (Å²) in [6.07, 6.45) is 7.05. The van der Waals surface area contributed by atoms with Crippen LogP contribution in [0.3, 0.4) is 0 Å². The molecule has 0 spiro atoms. The first kappa shape index (κ1) is 13.4. The molecule has 1 aromatic carbocycles. The van der Waals surface area contributed by atoms with Gasteiger partial charge in [-0.3, -0.25) is 4.68 Å². The van der Waals surface area contributed by atoms with E-state index in [1.165, 1.54) is 36.1 Å². The topological polar surface area (TPSA) is 29.9 Å². The van der Waals surface area contributed by atoms with Crippen LogP contribution in [0.15, 0.2) is 36.5 Å². The first-order valence-corrected chi connectivity index (χ1v) is 7.70. The molecule has 1 atom stereocenters. The van der Waals surface area contributed by atoms with Gasteiger partial charge in [-0.05, 0) is 31.4 Å². The van der Waals surface area contributed by atoms with Gasteiger partial charge < -0.3 is 5.32 Å². The van der Waals surface area contributed by atoms with Gasteiger partial charge in [-0.25, -0.2) is 0 Å². The zero-order valence-corrected chi connectivity index (χ0v) is 12.2. The Balaban J connectivity index is 1.87. The highest BCUT2D eigenvalue weighted by Crippen LogP contribution is 2.28.